The van der Waals surface area contributed by atoms with Crippen LogP contribution in [0, 0.1) is 0 Å². The third-order valence-corrected chi connectivity index (χ3v) is 3.53. The van der Waals surface area contributed by atoms with Crippen molar-refractivity contribution in [2.45, 2.75) is 6.54 Å². The van der Waals surface area contributed by atoms with Gasteiger partial charge in [-0.3, -0.25) is 14.4 Å². The van der Waals surface area contributed by atoms with Crippen LogP contribution >= 0.6 is 0 Å². The number of nitrogens with zero attached hydrogens (tertiary/aromatic N) is 1. The van der Waals surface area contributed by atoms with Crippen molar-refractivity contribution in [1.29, 1.82) is 0 Å². The van der Waals surface area contributed by atoms with E-state index in [1.165, 1.54) is 29.2 Å². The maximum Gasteiger partial charge on any atom is 0.299 e. The summed E-state index contributed by atoms with van der Waals surface area (Å²) in [6.07, 6.45) is 0. The molecule has 1 aliphatic heterocycles. The summed E-state index contributed by atoms with van der Waals surface area (Å²) < 4.78 is 0. The number of phenols is 1. The van der Waals surface area contributed by atoms with E-state index in [9.17, 15) is 19.5 Å². The van der Waals surface area contributed by atoms with Crippen molar-refractivity contribution in [3.05, 3.63) is 59.2 Å². The Labute approximate surface area is 125 Å². The van der Waals surface area contributed by atoms with Gasteiger partial charge in [0.1, 0.15) is 5.75 Å². The number of primary amides is 1. The van der Waals surface area contributed by atoms with Gasteiger partial charge in [0, 0.05) is 5.56 Å². The Kier molecular flexibility index (Phi) is 3.14. The van der Waals surface area contributed by atoms with Crippen molar-refractivity contribution in [3.63, 3.8) is 0 Å². The predicted molar refractivity (Wildman–Crippen MR) is 78.6 cm³/mol. The largest absolute Gasteiger partial charge is 0.508 e. The van der Waals surface area contributed by atoms with Gasteiger partial charge in [0.2, 0.25) is 5.91 Å². The van der Waals surface area contributed by atoms with Crippen LogP contribution in [0.1, 0.15) is 26.3 Å². The minimum atomic E-state index is -0.656. The first-order chi connectivity index (χ1) is 10.5. The highest BCUT2D eigenvalue weighted by Gasteiger charge is 2.36. The van der Waals surface area contributed by atoms with E-state index in [0.717, 1.165) is 5.56 Å². The molecule has 0 spiro atoms. The minimum absolute atomic E-state index is 0.124. The molecular formula is C16H12N2O4. The summed E-state index contributed by atoms with van der Waals surface area (Å²) in [7, 11) is 0. The average molecular weight is 296 g/mol. The van der Waals surface area contributed by atoms with E-state index in [1.807, 2.05) is 0 Å². The van der Waals surface area contributed by atoms with Crippen molar-refractivity contribution >= 4 is 23.3 Å². The van der Waals surface area contributed by atoms with E-state index in [-0.39, 0.29) is 23.4 Å². The quantitative estimate of drug-likeness (QED) is 0.831. The van der Waals surface area contributed by atoms with E-state index in [1.54, 1.807) is 18.2 Å². The Balaban J connectivity index is 1.98. The number of phenolic OH excluding ortho intramolecular Hbond substituents is 1. The second-order valence-corrected chi connectivity index (χ2v) is 4.98. The lowest BCUT2D eigenvalue weighted by Crippen LogP contribution is -2.29. The van der Waals surface area contributed by atoms with Crippen molar-refractivity contribution in [1.82, 2.24) is 0 Å². The van der Waals surface area contributed by atoms with Crippen LogP contribution in [0.4, 0.5) is 5.69 Å². The molecule has 22 heavy (non-hydrogen) atoms. The smallest absolute Gasteiger partial charge is 0.299 e. The van der Waals surface area contributed by atoms with Crippen LogP contribution in [0.15, 0.2) is 42.5 Å². The third-order valence-electron chi connectivity index (χ3n) is 3.53. The van der Waals surface area contributed by atoms with Crippen molar-refractivity contribution in [2.24, 2.45) is 5.73 Å². The Morgan fingerprint density at radius 3 is 2.41 bits per heavy atom. The molecule has 110 valence electrons. The molecule has 0 bridgehead atoms. The first-order valence-electron chi connectivity index (χ1n) is 6.55. The first-order valence-corrected chi connectivity index (χ1v) is 6.55. The van der Waals surface area contributed by atoms with Gasteiger partial charge in [-0.2, -0.15) is 0 Å². The van der Waals surface area contributed by atoms with Crippen LogP contribution in [0.3, 0.4) is 0 Å². The highest BCUT2D eigenvalue weighted by Crippen LogP contribution is 2.31. The second kappa shape index (κ2) is 5.00. The number of aromatic hydroxyl groups is 1. The van der Waals surface area contributed by atoms with E-state index >= 15 is 0 Å². The summed E-state index contributed by atoms with van der Waals surface area (Å²) in [4.78, 5) is 36.7. The number of hydrogen-bond donors (Lipinski definition) is 2. The molecule has 0 unspecified atom stereocenters. The van der Waals surface area contributed by atoms with Gasteiger partial charge in [0.05, 0.1) is 17.8 Å². The molecule has 6 heteroatoms. The molecule has 0 saturated carbocycles. The van der Waals surface area contributed by atoms with E-state index < -0.39 is 17.6 Å². The van der Waals surface area contributed by atoms with Crippen LogP contribution < -0.4 is 10.6 Å². The number of ketones is 1. The number of amides is 2. The molecular weight excluding hydrogens is 284 g/mol. The molecule has 1 heterocycles. The van der Waals surface area contributed by atoms with Crippen molar-refractivity contribution < 1.29 is 19.5 Å². The SMILES string of the molecule is NC(=O)c1ccc2c(c1)C(=O)C(=O)N2Cc1ccc(O)cc1. The fourth-order valence-corrected chi connectivity index (χ4v) is 2.39. The lowest BCUT2D eigenvalue weighted by Gasteiger charge is -2.16. The van der Waals surface area contributed by atoms with Gasteiger partial charge in [-0.25, -0.2) is 0 Å². The van der Waals surface area contributed by atoms with E-state index in [0.29, 0.717) is 5.69 Å². The highest BCUT2D eigenvalue weighted by atomic mass is 16.3. The second-order valence-electron chi connectivity index (χ2n) is 4.98. The van der Waals surface area contributed by atoms with E-state index in [2.05, 4.69) is 0 Å². The average Bonchev–Trinajstić information content (AvgIpc) is 2.74. The van der Waals surface area contributed by atoms with Crippen molar-refractivity contribution in [3.8, 4) is 5.75 Å². The molecule has 0 saturated heterocycles. The Morgan fingerprint density at radius 2 is 1.77 bits per heavy atom. The maximum absolute atomic E-state index is 12.1. The number of nitrogens with two attached hydrogens (primary N) is 1. The predicted octanol–water partition coefficient (Wildman–Crippen LogP) is 1.22. The molecule has 0 radical (unpaired) electrons. The van der Waals surface area contributed by atoms with Gasteiger partial charge in [0.15, 0.2) is 0 Å². The number of fused-ring (bicyclic) bond motifs is 1. The molecule has 0 atom stereocenters. The Bertz CT molecular complexity index is 796. The third kappa shape index (κ3) is 2.20. The van der Waals surface area contributed by atoms with Gasteiger partial charge in [0.25, 0.3) is 11.7 Å². The molecule has 3 rings (SSSR count). The fourth-order valence-electron chi connectivity index (χ4n) is 2.39. The van der Waals surface area contributed by atoms with Gasteiger partial charge >= 0.3 is 0 Å². The molecule has 0 aromatic heterocycles. The molecule has 0 fully saturated rings. The summed E-state index contributed by atoms with van der Waals surface area (Å²) in [5.41, 5.74) is 6.78. The normalized spacial score (nSPS) is 13.4. The number of carbonyl (C=O) groups is 3. The van der Waals surface area contributed by atoms with Gasteiger partial charge in [-0.05, 0) is 35.9 Å². The number of carbonyl (C=O) groups excluding carboxylic acids is 3. The van der Waals surface area contributed by atoms with Crippen LogP contribution in [0.5, 0.6) is 5.75 Å². The van der Waals surface area contributed by atoms with E-state index in [4.69, 9.17) is 5.73 Å². The fraction of sp³-hybridized carbons (Fsp3) is 0.0625. The number of rotatable bonds is 3. The summed E-state index contributed by atoms with van der Waals surface area (Å²) >= 11 is 0. The zero-order valence-electron chi connectivity index (χ0n) is 11.4. The monoisotopic (exact) mass is 296 g/mol. The molecule has 3 N–H and O–H groups in total. The van der Waals surface area contributed by atoms with Crippen molar-refractivity contribution in [2.75, 3.05) is 4.90 Å². The van der Waals surface area contributed by atoms with Gasteiger partial charge < -0.3 is 15.7 Å². The molecule has 2 aromatic carbocycles. The topological polar surface area (TPSA) is 101 Å². The summed E-state index contributed by atoms with van der Waals surface area (Å²) in [6, 6.07) is 10.7. The number of anilines is 1. The molecule has 0 aliphatic carbocycles. The summed E-state index contributed by atoms with van der Waals surface area (Å²) in [6.45, 7) is 0.202. The number of benzene rings is 2. The molecule has 1 aliphatic rings. The number of hydrogen-bond acceptors (Lipinski definition) is 4. The Hall–Kier alpha value is -3.15. The first kappa shape index (κ1) is 13.8. The van der Waals surface area contributed by atoms with Gasteiger partial charge in [-0.15, -0.1) is 0 Å². The Morgan fingerprint density at radius 1 is 1.09 bits per heavy atom. The van der Waals surface area contributed by atoms with Crippen LogP contribution in [-0.4, -0.2) is 22.7 Å². The summed E-state index contributed by atoms with van der Waals surface area (Å²) in [5.74, 6) is -1.83. The number of Topliss-reactive ketones (excluding diaryl/α,β-unsaturated/α-hetero) is 1. The minimum Gasteiger partial charge on any atom is -0.508 e. The van der Waals surface area contributed by atoms with Gasteiger partial charge in [-0.1, -0.05) is 12.1 Å². The maximum atomic E-state index is 12.1. The highest BCUT2D eigenvalue weighted by molar-refractivity contribution is 6.52. The lowest BCUT2D eigenvalue weighted by atomic mass is 10.1. The standard InChI is InChI=1S/C16H12N2O4/c17-15(21)10-3-6-13-12(7-10)14(20)16(22)18(13)8-9-1-4-11(19)5-2-9/h1-7,19H,8H2,(H2,17,21). The molecule has 2 amide bonds. The molecule has 2 aromatic rings. The lowest BCUT2D eigenvalue weighted by molar-refractivity contribution is -0.114. The van der Waals surface area contributed by atoms with Crippen LogP contribution in [-0.2, 0) is 11.3 Å². The summed E-state index contributed by atoms with van der Waals surface area (Å²) in [5, 5.41) is 9.27. The zero-order chi connectivity index (χ0) is 15.9. The van der Waals surface area contributed by atoms with Crippen LogP contribution in [0.25, 0.3) is 0 Å². The zero-order valence-corrected chi connectivity index (χ0v) is 11.4. The van der Waals surface area contributed by atoms with Crippen LogP contribution in [0.2, 0.25) is 0 Å². The molecule has 6 nitrogen and oxygen atoms in total.